The summed E-state index contributed by atoms with van der Waals surface area (Å²) >= 11 is 0. The first kappa shape index (κ1) is 48.1. The number of amides is 5. The number of methoxy groups -OCH3 is 1. The first-order valence-corrected chi connectivity index (χ1v) is 17.9. The SMILES string of the molecule is COC1=CC(=O)N(C(=O)/C=C/[C@H](C)NC(=O)[C@H](CC(C)C)NC(=O)[C@H](CC(C)C)NC(=O)[C@H](C(C)C)N(C)C)[C@H]1Cc1ccc(O)cc1.O=C(O)C(F)(F)F. The molecule has 0 aromatic heterocycles. The third kappa shape index (κ3) is 16.1. The van der Waals surface area contributed by atoms with Crippen LogP contribution in [0.2, 0.25) is 0 Å². The average molecular weight is 784 g/mol. The first-order chi connectivity index (χ1) is 25.4. The van der Waals surface area contributed by atoms with Crippen LogP contribution in [0.3, 0.4) is 0 Å². The number of phenolic OH excluding ortho intramolecular Hbond substituents is 1. The zero-order valence-corrected chi connectivity index (χ0v) is 33.1. The summed E-state index contributed by atoms with van der Waals surface area (Å²) in [6, 6.07) is 3.05. The number of aliphatic carboxylic acids is 1. The van der Waals surface area contributed by atoms with Crippen molar-refractivity contribution in [1.29, 1.82) is 0 Å². The standard InChI is InChI=1S/C36H55N5O7.C2HF3O2/c1-21(2)17-27(38-35(46)28(18-22(3)4)39-36(47)33(23(5)6)40(8)9)34(45)37-24(7)11-16-31(43)41-29(30(48-10)20-32(41)44)19-25-12-14-26(42)15-13-25;3-2(4,5)1(6)7/h11-16,20-24,27-29,33,42H,17-19H2,1-10H3,(H,37,45)(H,38,46)(H,39,47);(H,6,7)/b16-11+;/t24-,27-,28-,29-,33-;/m0./s1. The molecule has 55 heavy (non-hydrogen) atoms. The van der Waals surface area contributed by atoms with Gasteiger partial charge in [-0.3, -0.25) is 33.8 Å². The number of likely N-dealkylation sites (N-methyl/N-ethyl adjacent to an activating group) is 1. The van der Waals surface area contributed by atoms with Gasteiger partial charge in [-0.25, -0.2) is 4.79 Å². The van der Waals surface area contributed by atoms with Crippen molar-refractivity contribution >= 4 is 35.5 Å². The molecule has 0 aliphatic carbocycles. The molecule has 0 saturated heterocycles. The molecule has 0 unspecified atom stereocenters. The first-order valence-electron chi connectivity index (χ1n) is 17.9. The highest BCUT2D eigenvalue weighted by Gasteiger charge is 2.39. The number of hydrogen-bond acceptors (Lipinski definition) is 9. The number of carbonyl (C=O) groups is 6. The van der Waals surface area contributed by atoms with E-state index in [1.165, 1.54) is 37.5 Å². The van der Waals surface area contributed by atoms with Gasteiger partial charge in [0.1, 0.15) is 29.6 Å². The molecule has 0 bridgehead atoms. The van der Waals surface area contributed by atoms with E-state index in [1.807, 2.05) is 60.5 Å². The van der Waals surface area contributed by atoms with Crippen LogP contribution in [-0.4, -0.2) is 113 Å². The number of phenols is 1. The monoisotopic (exact) mass is 783 g/mol. The maximum absolute atomic E-state index is 13.5. The van der Waals surface area contributed by atoms with Crippen molar-refractivity contribution in [2.45, 2.75) is 104 Å². The number of carbonyl (C=O) groups excluding carboxylic acids is 5. The lowest BCUT2D eigenvalue weighted by Gasteiger charge is -2.30. The summed E-state index contributed by atoms with van der Waals surface area (Å²) in [5.41, 5.74) is 0.795. The van der Waals surface area contributed by atoms with Gasteiger partial charge in [0.15, 0.2) is 0 Å². The van der Waals surface area contributed by atoms with Crippen LogP contribution in [-0.2, 0) is 39.9 Å². The smallest absolute Gasteiger partial charge is 0.490 e. The average Bonchev–Trinajstić information content (AvgIpc) is 3.37. The van der Waals surface area contributed by atoms with E-state index in [2.05, 4.69) is 16.0 Å². The van der Waals surface area contributed by atoms with Crippen LogP contribution in [0.5, 0.6) is 5.75 Å². The molecule has 1 aliphatic heterocycles. The number of nitrogens with zero attached hydrogens (tertiary/aromatic N) is 2. The molecular weight excluding hydrogens is 727 g/mol. The Hall–Kier alpha value is -4.93. The quantitative estimate of drug-likeness (QED) is 0.146. The van der Waals surface area contributed by atoms with Crippen molar-refractivity contribution in [2.75, 3.05) is 21.2 Å². The normalized spacial score (nSPS) is 16.7. The summed E-state index contributed by atoms with van der Waals surface area (Å²) in [4.78, 5) is 78.0. The Morgan fingerprint density at radius 2 is 1.35 bits per heavy atom. The van der Waals surface area contributed by atoms with Crippen molar-refractivity contribution in [3.8, 4) is 5.75 Å². The van der Waals surface area contributed by atoms with Crippen LogP contribution in [0.1, 0.15) is 66.9 Å². The minimum absolute atomic E-state index is 0.0238. The predicted molar refractivity (Wildman–Crippen MR) is 198 cm³/mol. The van der Waals surface area contributed by atoms with Gasteiger partial charge in [0.05, 0.1) is 13.2 Å². The van der Waals surface area contributed by atoms with Gasteiger partial charge in [0.2, 0.25) is 17.7 Å². The molecule has 5 amide bonds. The minimum atomic E-state index is -5.08. The Bertz CT molecular complexity index is 1530. The van der Waals surface area contributed by atoms with E-state index in [-0.39, 0.29) is 29.4 Å². The molecule has 5 atom stereocenters. The largest absolute Gasteiger partial charge is 0.508 e. The zero-order chi connectivity index (χ0) is 42.4. The number of rotatable bonds is 17. The number of alkyl halides is 3. The Balaban J connectivity index is 0.00000196. The second-order valence-corrected chi connectivity index (χ2v) is 14.7. The fourth-order valence-electron chi connectivity index (χ4n) is 5.82. The molecule has 308 valence electrons. The van der Waals surface area contributed by atoms with Gasteiger partial charge >= 0.3 is 12.1 Å². The number of aromatic hydroxyl groups is 1. The van der Waals surface area contributed by atoms with Crippen LogP contribution in [0.25, 0.3) is 0 Å². The topological polar surface area (TPSA) is 195 Å². The van der Waals surface area contributed by atoms with Crippen molar-refractivity contribution < 1.29 is 56.9 Å². The van der Waals surface area contributed by atoms with E-state index >= 15 is 0 Å². The van der Waals surface area contributed by atoms with Crippen LogP contribution in [0.4, 0.5) is 13.2 Å². The highest BCUT2D eigenvalue weighted by Crippen LogP contribution is 2.25. The van der Waals surface area contributed by atoms with Gasteiger partial charge in [-0.05, 0) is 69.3 Å². The maximum atomic E-state index is 13.5. The Labute approximate surface area is 320 Å². The second-order valence-electron chi connectivity index (χ2n) is 14.7. The lowest BCUT2D eigenvalue weighted by Crippen LogP contribution is -2.57. The molecule has 0 fully saturated rings. The van der Waals surface area contributed by atoms with Gasteiger partial charge in [-0.1, -0.05) is 59.8 Å². The Kier molecular flexibility index (Phi) is 19.1. The molecule has 1 aromatic rings. The number of hydrogen-bond donors (Lipinski definition) is 5. The van der Waals surface area contributed by atoms with E-state index < -0.39 is 66.0 Å². The number of carboxylic acid groups (broad SMARTS) is 1. The van der Waals surface area contributed by atoms with E-state index in [0.717, 1.165) is 10.5 Å². The molecule has 0 radical (unpaired) electrons. The number of ether oxygens (including phenoxy) is 1. The zero-order valence-electron chi connectivity index (χ0n) is 33.1. The lowest BCUT2D eigenvalue weighted by atomic mass is 9.98. The summed E-state index contributed by atoms with van der Waals surface area (Å²) in [7, 11) is 5.07. The van der Waals surface area contributed by atoms with E-state index in [0.29, 0.717) is 25.0 Å². The van der Waals surface area contributed by atoms with E-state index in [9.17, 15) is 42.3 Å². The van der Waals surface area contributed by atoms with E-state index in [4.69, 9.17) is 14.6 Å². The number of nitrogens with one attached hydrogen (secondary N) is 3. The second kappa shape index (κ2) is 21.8. The fourth-order valence-corrected chi connectivity index (χ4v) is 5.82. The maximum Gasteiger partial charge on any atom is 0.490 e. The van der Waals surface area contributed by atoms with Gasteiger partial charge in [0.25, 0.3) is 11.8 Å². The molecule has 1 aliphatic rings. The van der Waals surface area contributed by atoms with Gasteiger partial charge in [-0.2, -0.15) is 13.2 Å². The summed E-state index contributed by atoms with van der Waals surface area (Å²) < 4.78 is 37.1. The number of benzene rings is 1. The van der Waals surface area contributed by atoms with Crippen molar-refractivity contribution in [3.05, 3.63) is 53.8 Å². The van der Waals surface area contributed by atoms with Crippen molar-refractivity contribution in [3.63, 3.8) is 0 Å². The highest BCUT2D eigenvalue weighted by molar-refractivity contribution is 6.08. The van der Waals surface area contributed by atoms with Gasteiger partial charge in [0, 0.05) is 24.6 Å². The molecular formula is C38H56F3N5O9. The van der Waals surface area contributed by atoms with Gasteiger partial charge < -0.3 is 30.9 Å². The molecule has 1 aromatic carbocycles. The number of carboxylic acids is 1. The van der Waals surface area contributed by atoms with Crippen LogP contribution < -0.4 is 16.0 Å². The molecule has 5 N–H and O–H groups in total. The molecule has 17 heteroatoms. The Morgan fingerprint density at radius 3 is 1.76 bits per heavy atom. The molecule has 2 rings (SSSR count). The number of imide groups is 1. The summed E-state index contributed by atoms with van der Waals surface area (Å²) in [5, 5.41) is 25.3. The molecule has 1 heterocycles. The predicted octanol–water partition coefficient (Wildman–Crippen LogP) is 3.54. The van der Waals surface area contributed by atoms with E-state index in [1.54, 1.807) is 19.1 Å². The summed E-state index contributed by atoms with van der Waals surface area (Å²) in [5.74, 6) is -4.33. The highest BCUT2D eigenvalue weighted by atomic mass is 19.4. The van der Waals surface area contributed by atoms with Gasteiger partial charge in [-0.15, -0.1) is 0 Å². The summed E-state index contributed by atoms with van der Waals surface area (Å²) in [6.45, 7) is 13.4. The fraction of sp³-hybridized carbons (Fsp3) is 0.579. The molecule has 0 spiro atoms. The molecule has 0 saturated carbocycles. The third-order valence-corrected chi connectivity index (χ3v) is 8.26. The minimum Gasteiger partial charge on any atom is -0.508 e. The lowest BCUT2D eigenvalue weighted by molar-refractivity contribution is -0.192. The van der Waals surface area contributed by atoms with Crippen molar-refractivity contribution in [2.24, 2.45) is 17.8 Å². The van der Waals surface area contributed by atoms with Crippen LogP contribution in [0.15, 0.2) is 48.3 Å². The third-order valence-electron chi connectivity index (χ3n) is 8.26. The summed E-state index contributed by atoms with van der Waals surface area (Å²) in [6.07, 6.45) is -0.0398. The van der Waals surface area contributed by atoms with Crippen LogP contribution >= 0.6 is 0 Å². The Morgan fingerprint density at radius 1 is 0.873 bits per heavy atom. The molecule has 14 nitrogen and oxygen atoms in total. The van der Waals surface area contributed by atoms with Crippen molar-refractivity contribution in [1.82, 2.24) is 25.8 Å². The number of halogens is 3. The van der Waals surface area contributed by atoms with Crippen LogP contribution in [0, 0.1) is 17.8 Å².